The Hall–Kier alpha value is -3.23. The van der Waals surface area contributed by atoms with Crippen LogP contribution in [0.1, 0.15) is 19.3 Å². The molecule has 0 saturated carbocycles. The Morgan fingerprint density at radius 2 is 2.07 bits per heavy atom. The van der Waals surface area contributed by atoms with E-state index in [0.717, 1.165) is 16.7 Å². The maximum Gasteiger partial charge on any atom is 0.326 e. The van der Waals surface area contributed by atoms with Gasteiger partial charge in [-0.3, -0.25) is 4.79 Å². The molecule has 1 aromatic carbocycles. The molecule has 0 aliphatic heterocycles. The number of aromatic nitrogens is 1. The maximum atomic E-state index is 12.1. The number of nitrogens with zero attached hydrogens (tertiary/aromatic N) is 1. The Bertz CT molecular complexity index is 817. The number of nitrogens with one attached hydrogen (secondary N) is 2. The normalized spacial score (nSPS) is 11.7. The first kappa shape index (κ1) is 20.1. The van der Waals surface area contributed by atoms with Gasteiger partial charge in [0, 0.05) is 36.6 Å². The number of fused-ring (bicyclic) bond motifs is 1. The minimum absolute atomic E-state index is 0.152. The highest BCUT2D eigenvalue weighted by molar-refractivity contribution is 5.84. The molecule has 5 N–H and O–H groups in total. The smallest absolute Gasteiger partial charge is 0.326 e. The molecule has 0 radical (unpaired) electrons. The molecule has 0 fully saturated rings. The fourth-order valence-corrected chi connectivity index (χ4v) is 2.76. The molecule has 0 bridgehead atoms. The second-order valence-electron chi connectivity index (χ2n) is 6.08. The van der Waals surface area contributed by atoms with E-state index in [1.165, 1.54) is 0 Å². The SMILES string of the molecule is COc1ccc2c(ccn2CCC(=O)N[C@@H](CCCNC(N)=O)C(=O)O)c1. The van der Waals surface area contributed by atoms with Crippen molar-refractivity contribution in [3.05, 3.63) is 30.5 Å². The molecule has 0 saturated heterocycles. The lowest BCUT2D eigenvalue weighted by Gasteiger charge is -2.15. The number of carboxylic acid groups (broad SMARTS) is 1. The molecule has 146 valence electrons. The van der Waals surface area contributed by atoms with Crippen molar-refractivity contribution >= 4 is 28.8 Å². The topological polar surface area (TPSA) is 136 Å². The number of ether oxygens (including phenoxy) is 1. The van der Waals surface area contributed by atoms with Gasteiger partial charge in [-0.25, -0.2) is 9.59 Å². The number of carbonyl (C=O) groups is 3. The molecule has 0 spiro atoms. The molecule has 1 aromatic heterocycles. The Labute approximate surface area is 156 Å². The fourth-order valence-electron chi connectivity index (χ4n) is 2.76. The standard InChI is InChI=1S/C18H24N4O5/c1-27-13-4-5-15-12(11-13)6-9-22(15)10-7-16(23)21-14(17(24)25)3-2-8-20-18(19)26/h4-6,9,11,14H,2-3,7-8,10H2,1H3,(H,21,23)(H,24,25)(H3,19,20,26)/t14-/m0/s1. The van der Waals surface area contributed by atoms with Crippen LogP contribution in [0.2, 0.25) is 0 Å². The predicted octanol–water partition coefficient (Wildman–Crippen LogP) is 1.06. The molecule has 1 heterocycles. The Morgan fingerprint density at radius 1 is 1.30 bits per heavy atom. The first-order valence-electron chi connectivity index (χ1n) is 8.59. The van der Waals surface area contributed by atoms with E-state index >= 15 is 0 Å². The predicted molar refractivity (Wildman–Crippen MR) is 99.5 cm³/mol. The molecule has 2 aromatic rings. The van der Waals surface area contributed by atoms with Gasteiger partial charge in [-0.2, -0.15) is 0 Å². The summed E-state index contributed by atoms with van der Waals surface area (Å²) in [5.41, 5.74) is 5.91. The van der Waals surface area contributed by atoms with Crippen molar-refractivity contribution in [3.8, 4) is 5.75 Å². The van der Waals surface area contributed by atoms with Gasteiger partial charge in [-0.05, 0) is 37.1 Å². The summed E-state index contributed by atoms with van der Waals surface area (Å²) < 4.78 is 7.12. The summed E-state index contributed by atoms with van der Waals surface area (Å²) in [6.07, 6.45) is 2.62. The molecule has 9 nitrogen and oxygen atoms in total. The first-order chi connectivity index (χ1) is 12.9. The van der Waals surface area contributed by atoms with Gasteiger partial charge in [-0.1, -0.05) is 0 Å². The quantitative estimate of drug-likeness (QED) is 0.460. The average molecular weight is 376 g/mol. The molecule has 9 heteroatoms. The van der Waals surface area contributed by atoms with Crippen molar-refractivity contribution in [2.45, 2.75) is 31.8 Å². The highest BCUT2D eigenvalue weighted by Crippen LogP contribution is 2.22. The summed E-state index contributed by atoms with van der Waals surface area (Å²) in [5, 5.41) is 15.1. The van der Waals surface area contributed by atoms with Crippen LogP contribution in [-0.2, 0) is 16.1 Å². The number of urea groups is 1. The molecule has 0 unspecified atom stereocenters. The van der Waals surface area contributed by atoms with E-state index in [-0.39, 0.29) is 25.3 Å². The van der Waals surface area contributed by atoms with E-state index < -0.39 is 18.0 Å². The van der Waals surface area contributed by atoms with Crippen molar-refractivity contribution in [2.75, 3.05) is 13.7 Å². The zero-order valence-corrected chi connectivity index (χ0v) is 15.1. The molecule has 0 aliphatic rings. The number of amides is 3. The average Bonchev–Trinajstić information content (AvgIpc) is 3.04. The van der Waals surface area contributed by atoms with Crippen LogP contribution in [0.5, 0.6) is 5.75 Å². The van der Waals surface area contributed by atoms with Crippen LogP contribution in [0.15, 0.2) is 30.5 Å². The van der Waals surface area contributed by atoms with E-state index in [1.54, 1.807) is 7.11 Å². The summed E-state index contributed by atoms with van der Waals surface area (Å²) in [6, 6.07) is 5.94. The molecule has 0 aliphatic carbocycles. The van der Waals surface area contributed by atoms with Gasteiger partial charge in [0.15, 0.2) is 0 Å². The van der Waals surface area contributed by atoms with E-state index in [0.29, 0.717) is 13.0 Å². The van der Waals surface area contributed by atoms with Gasteiger partial charge in [0.2, 0.25) is 5.91 Å². The Balaban J connectivity index is 1.86. The third kappa shape index (κ3) is 5.91. The van der Waals surface area contributed by atoms with Gasteiger partial charge >= 0.3 is 12.0 Å². The third-order valence-electron chi connectivity index (χ3n) is 4.16. The molecular formula is C18H24N4O5. The third-order valence-corrected chi connectivity index (χ3v) is 4.16. The number of hydrogen-bond donors (Lipinski definition) is 4. The maximum absolute atomic E-state index is 12.1. The summed E-state index contributed by atoms with van der Waals surface area (Å²) in [7, 11) is 1.60. The van der Waals surface area contributed by atoms with Gasteiger partial charge < -0.3 is 30.8 Å². The number of benzene rings is 1. The van der Waals surface area contributed by atoms with Crippen molar-refractivity contribution in [2.24, 2.45) is 5.73 Å². The van der Waals surface area contributed by atoms with Gasteiger partial charge in [0.25, 0.3) is 0 Å². The van der Waals surface area contributed by atoms with Crippen LogP contribution in [0, 0.1) is 0 Å². The number of nitrogens with two attached hydrogens (primary N) is 1. The second kappa shape index (κ2) is 9.46. The van der Waals surface area contributed by atoms with E-state index in [4.69, 9.17) is 10.5 Å². The zero-order chi connectivity index (χ0) is 19.8. The van der Waals surface area contributed by atoms with Crippen LogP contribution in [0.25, 0.3) is 10.9 Å². The number of carboxylic acids is 1. The number of rotatable bonds is 10. The first-order valence-corrected chi connectivity index (χ1v) is 8.59. The van der Waals surface area contributed by atoms with Crippen molar-refractivity contribution < 1.29 is 24.2 Å². The lowest BCUT2D eigenvalue weighted by molar-refractivity contribution is -0.142. The van der Waals surface area contributed by atoms with Crippen LogP contribution >= 0.6 is 0 Å². The summed E-state index contributed by atoms with van der Waals surface area (Å²) in [6.45, 7) is 0.686. The van der Waals surface area contributed by atoms with E-state index in [2.05, 4.69) is 10.6 Å². The van der Waals surface area contributed by atoms with Gasteiger partial charge in [0.1, 0.15) is 11.8 Å². The lowest BCUT2D eigenvalue weighted by Crippen LogP contribution is -2.41. The van der Waals surface area contributed by atoms with Crippen LogP contribution < -0.4 is 21.1 Å². The van der Waals surface area contributed by atoms with Crippen molar-refractivity contribution in [1.29, 1.82) is 0 Å². The Morgan fingerprint density at radius 3 is 2.74 bits per heavy atom. The number of methoxy groups -OCH3 is 1. The molecule has 2 rings (SSSR count). The minimum Gasteiger partial charge on any atom is -0.497 e. The number of hydrogen-bond acceptors (Lipinski definition) is 4. The summed E-state index contributed by atoms with van der Waals surface area (Å²) in [5.74, 6) is -0.699. The Kier molecular flexibility index (Phi) is 7.04. The summed E-state index contributed by atoms with van der Waals surface area (Å²) in [4.78, 5) is 34.0. The fraction of sp³-hybridized carbons (Fsp3) is 0.389. The van der Waals surface area contributed by atoms with Gasteiger partial charge in [0.05, 0.1) is 7.11 Å². The molecule has 27 heavy (non-hydrogen) atoms. The highest BCUT2D eigenvalue weighted by atomic mass is 16.5. The number of aliphatic carboxylic acids is 1. The zero-order valence-electron chi connectivity index (χ0n) is 15.1. The van der Waals surface area contributed by atoms with Crippen LogP contribution in [0.3, 0.4) is 0 Å². The monoisotopic (exact) mass is 376 g/mol. The number of carbonyl (C=O) groups excluding carboxylic acids is 2. The highest BCUT2D eigenvalue weighted by Gasteiger charge is 2.19. The molecular weight excluding hydrogens is 352 g/mol. The molecule has 1 atom stereocenters. The largest absolute Gasteiger partial charge is 0.497 e. The second-order valence-corrected chi connectivity index (χ2v) is 6.08. The molecule has 3 amide bonds. The number of primary amides is 1. The minimum atomic E-state index is -1.11. The number of aryl methyl sites for hydroxylation is 1. The van der Waals surface area contributed by atoms with Crippen molar-refractivity contribution in [1.82, 2.24) is 15.2 Å². The van der Waals surface area contributed by atoms with Gasteiger partial charge in [-0.15, -0.1) is 0 Å². The summed E-state index contributed by atoms with van der Waals surface area (Å²) >= 11 is 0. The van der Waals surface area contributed by atoms with Crippen LogP contribution in [-0.4, -0.2) is 47.3 Å². The van der Waals surface area contributed by atoms with Crippen molar-refractivity contribution in [3.63, 3.8) is 0 Å². The van der Waals surface area contributed by atoms with Crippen LogP contribution in [0.4, 0.5) is 4.79 Å². The lowest BCUT2D eigenvalue weighted by atomic mass is 10.1. The van der Waals surface area contributed by atoms with E-state index in [9.17, 15) is 19.5 Å². The van der Waals surface area contributed by atoms with E-state index in [1.807, 2.05) is 35.0 Å².